The normalized spacial score (nSPS) is 16.3. The summed E-state index contributed by atoms with van der Waals surface area (Å²) in [6.07, 6.45) is 0.376. The van der Waals surface area contributed by atoms with Crippen LogP contribution < -0.4 is 10.6 Å². The molecule has 1 fully saturated rings. The minimum Gasteiger partial charge on any atom is -0.340 e. The van der Waals surface area contributed by atoms with Crippen molar-refractivity contribution < 1.29 is 9.59 Å². The molecule has 2 N–H and O–H groups in total. The molecule has 1 aliphatic rings. The predicted molar refractivity (Wildman–Crippen MR) is 79.6 cm³/mol. The number of nitrogens with zero attached hydrogens (tertiary/aromatic N) is 2. The number of hydrogen-bond acceptors (Lipinski definition) is 3. The van der Waals surface area contributed by atoms with Crippen molar-refractivity contribution in [2.24, 2.45) is 5.92 Å². The van der Waals surface area contributed by atoms with Crippen LogP contribution in [0.4, 0.5) is 4.79 Å². The Morgan fingerprint density at radius 3 is 2.30 bits per heavy atom. The molecule has 0 aromatic rings. The maximum Gasteiger partial charge on any atom is 0.314 e. The van der Waals surface area contributed by atoms with Crippen molar-refractivity contribution >= 4 is 11.9 Å². The van der Waals surface area contributed by atoms with Gasteiger partial charge >= 0.3 is 6.03 Å². The van der Waals surface area contributed by atoms with E-state index >= 15 is 0 Å². The minimum absolute atomic E-state index is 0.130. The zero-order valence-electron chi connectivity index (χ0n) is 12.9. The molecule has 3 amide bonds. The van der Waals surface area contributed by atoms with E-state index in [-0.39, 0.29) is 11.9 Å². The molecule has 0 aromatic heterocycles. The van der Waals surface area contributed by atoms with Crippen molar-refractivity contribution in [1.29, 1.82) is 0 Å². The fourth-order valence-electron chi connectivity index (χ4n) is 2.11. The van der Waals surface area contributed by atoms with Crippen LogP contribution in [0.5, 0.6) is 0 Å². The lowest BCUT2D eigenvalue weighted by atomic mass is 10.2. The Balaban J connectivity index is 2.12. The smallest absolute Gasteiger partial charge is 0.314 e. The second-order valence-electron chi connectivity index (χ2n) is 5.60. The number of carbonyl (C=O) groups excluding carboxylic acids is 2. The fraction of sp³-hybridized carbons (Fsp3) is 0.857. The molecule has 20 heavy (non-hydrogen) atoms. The Morgan fingerprint density at radius 2 is 1.75 bits per heavy atom. The number of urea groups is 1. The molecule has 0 radical (unpaired) electrons. The first-order valence-corrected chi connectivity index (χ1v) is 7.54. The summed E-state index contributed by atoms with van der Waals surface area (Å²) in [5, 5.41) is 5.49. The molecule has 116 valence electrons. The third-order valence-electron chi connectivity index (χ3n) is 3.47. The number of hydrogen-bond donors (Lipinski definition) is 2. The Hall–Kier alpha value is -1.30. The Kier molecular flexibility index (Phi) is 7.36. The van der Waals surface area contributed by atoms with E-state index in [4.69, 9.17) is 0 Å². The maximum absolute atomic E-state index is 12.0. The van der Waals surface area contributed by atoms with Crippen molar-refractivity contribution in [3.63, 3.8) is 0 Å². The zero-order chi connectivity index (χ0) is 15.0. The number of amides is 3. The van der Waals surface area contributed by atoms with Crippen molar-refractivity contribution in [1.82, 2.24) is 20.4 Å². The highest BCUT2D eigenvalue weighted by atomic mass is 16.2. The van der Waals surface area contributed by atoms with E-state index in [2.05, 4.69) is 22.5 Å². The molecule has 0 aliphatic carbocycles. The Morgan fingerprint density at radius 1 is 1.10 bits per heavy atom. The van der Waals surface area contributed by atoms with Crippen LogP contribution >= 0.6 is 0 Å². The van der Waals surface area contributed by atoms with Crippen LogP contribution in [0.3, 0.4) is 0 Å². The highest BCUT2D eigenvalue weighted by molar-refractivity contribution is 5.78. The fourth-order valence-corrected chi connectivity index (χ4v) is 2.11. The average molecular weight is 284 g/mol. The first-order valence-electron chi connectivity index (χ1n) is 7.54. The van der Waals surface area contributed by atoms with E-state index in [0.29, 0.717) is 25.4 Å². The number of piperazine rings is 1. The van der Waals surface area contributed by atoms with E-state index in [1.807, 2.05) is 18.7 Å². The molecule has 0 atom stereocenters. The first kappa shape index (κ1) is 16.8. The largest absolute Gasteiger partial charge is 0.340 e. The molecular formula is C14H28N4O2. The van der Waals surface area contributed by atoms with Gasteiger partial charge in [0.1, 0.15) is 0 Å². The van der Waals surface area contributed by atoms with Crippen molar-refractivity contribution in [2.45, 2.75) is 27.2 Å². The number of carbonyl (C=O) groups is 2. The molecule has 0 aromatic carbocycles. The average Bonchev–Trinajstić information content (AvgIpc) is 2.45. The van der Waals surface area contributed by atoms with Crippen molar-refractivity contribution in [3.05, 3.63) is 0 Å². The quantitative estimate of drug-likeness (QED) is 0.746. The van der Waals surface area contributed by atoms with Crippen LogP contribution in [0.1, 0.15) is 27.2 Å². The molecule has 0 unspecified atom stereocenters. The van der Waals surface area contributed by atoms with Gasteiger partial charge in [-0.15, -0.1) is 0 Å². The van der Waals surface area contributed by atoms with Crippen LogP contribution in [0.25, 0.3) is 0 Å². The second-order valence-corrected chi connectivity index (χ2v) is 5.60. The van der Waals surface area contributed by atoms with Crippen LogP contribution in [0, 0.1) is 5.92 Å². The van der Waals surface area contributed by atoms with E-state index in [1.54, 1.807) is 0 Å². The lowest BCUT2D eigenvalue weighted by Crippen LogP contribution is -2.49. The molecule has 1 rings (SSSR count). The summed E-state index contributed by atoms with van der Waals surface area (Å²) in [7, 11) is 0. The van der Waals surface area contributed by atoms with E-state index in [9.17, 15) is 9.59 Å². The summed E-state index contributed by atoms with van der Waals surface area (Å²) in [5.74, 6) is 0.558. The van der Waals surface area contributed by atoms with Gasteiger partial charge in [-0.1, -0.05) is 20.8 Å². The van der Waals surface area contributed by atoms with Crippen LogP contribution in [-0.2, 0) is 4.79 Å². The first-order chi connectivity index (χ1) is 9.52. The standard InChI is InChI=1S/C14H28N4O2/c1-4-17-7-9-18(10-8-17)13(19)5-6-15-14(20)16-11-12(2)3/h12H,4-11H2,1-3H3,(H2,15,16,20). The highest BCUT2D eigenvalue weighted by Crippen LogP contribution is 2.02. The Labute approximate surface area is 121 Å². The van der Waals surface area contributed by atoms with Crippen LogP contribution in [-0.4, -0.2) is 67.6 Å². The Bertz CT molecular complexity index is 312. The molecule has 0 saturated carbocycles. The number of likely N-dealkylation sites (N-methyl/N-ethyl adjacent to an activating group) is 1. The van der Waals surface area contributed by atoms with Crippen LogP contribution in [0.2, 0.25) is 0 Å². The molecule has 6 nitrogen and oxygen atoms in total. The lowest BCUT2D eigenvalue weighted by Gasteiger charge is -2.34. The van der Waals surface area contributed by atoms with Crippen LogP contribution in [0.15, 0.2) is 0 Å². The van der Waals surface area contributed by atoms with Gasteiger partial charge in [-0.2, -0.15) is 0 Å². The molecule has 1 heterocycles. The van der Waals surface area contributed by atoms with Gasteiger partial charge in [-0.25, -0.2) is 4.79 Å². The van der Waals surface area contributed by atoms with E-state index in [1.165, 1.54) is 0 Å². The summed E-state index contributed by atoms with van der Waals surface area (Å²) in [6.45, 7) is 11.8. The monoisotopic (exact) mass is 284 g/mol. The summed E-state index contributed by atoms with van der Waals surface area (Å²) >= 11 is 0. The highest BCUT2D eigenvalue weighted by Gasteiger charge is 2.19. The van der Waals surface area contributed by atoms with E-state index in [0.717, 1.165) is 32.7 Å². The van der Waals surface area contributed by atoms with Gasteiger partial charge in [-0.3, -0.25) is 4.79 Å². The van der Waals surface area contributed by atoms with E-state index < -0.39 is 0 Å². The summed E-state index contributed by atoms with van der Waals surface area (Å²) in [4.78, 5) is 27.6. The van der Waals surface area contributed by atoms with Gasteiger partial charge in [0.05, 0.1) is 0 Å². The molecule has 6 heteroatoms. The predicted octanol–water partition coefficient (Wildman–Crippen LogP) is 0.496. The summed E-state index contributed by atoms with van der Waals surface area (Å²) < 4.78 is 0. The zero-order valence-corrected chi connectivity index (χ0v) is 12.9. The molecule has 1 aliphatic heterocycles. The van der Waals surface area contributed by atoms with Gasteiger partial charge < -0.3 is 20.4 Å². The minimum atomic E-state index is -0.192. The van der Waals surface area contributed by atoms with Crippen molar-refractivity contribution in [2.75, 3.05) is 45.8 Å². The molecular weight excluding hydrogens is 256 g/mol. The van der Waals surface area contributed by atoms with Gasteiger partial charge in [-0.05, 0) is 12.5 Å². The maximum atomic E-state index is 12.0. The topological polar surface area (TPSA) is 64.7 Å². The number of rotatable bonds is 6. The third kappa shape index (κ3) is 6.23. The van der Waals surface area contributed by atoms with Gasteiger partial charge in [0, 0.05) is 45.7 Å². The lowest BCUT2D eigenvalue weighted by molar-refractivity contribution is -0.132. The van der Waals surface area contributed by atoms with Gasteiger partial charge in [0.2, 0.25) is 5.91 Å². The summed E-state index contributed by atoms with van der Waals surface area (Å²) in [5.41, 5.74) is 0. The van der Waals surface area contributed by atoms with Gasteiger partial charge in [0.15, 0.2) is 0 Å². The van der Waals surface area contributed by atoms with Crippen molar-refractivity contribution in [3.8, 4) is 0 Å². The summed E-state index contributed by atoms with van der Waals surface area (Å²) in [6, 6.07) is -0.192. The molecule has 0 spiro atoms. The molecule has 0 bridgehead atoms. The second kappa shape index (κ2) is 8.79. The number of nitrogens with one attached hydrogen (secondary N) is 2. The molecule has 1 saturated heterocycles. The van der Waals surface area contributed by atoms with Gasteiger partial charge in [0.25, 0.3) is 0 Å². The SMILES string of the molecule is CCN1CCN(C(=O)CCNC(=O)NCC(C)C)CC1. The third-order valence-corrected chi connectivity index (χ3v) is 3.47.